The lowest BCUT2D eigenvalue weighted by molar-refractivity contribution is -0.122. The quantitative estimate of drug-likeness (QED) is 0.672. The number of carbonyl (C=O) groups is 2. The summed E-state index contributed by atoms with van der Waals surface area (Å²) in [5.74, 6) is -0.363. The smallest absolute Gasteiger partial charge is 0.262 e. The summed E-state index contributed by atoms with van der Waals surface area (Å²) < 4.78 is 1.36. The normalized spacial score (nSPS) is 13.4. The topological polar surface area (TPSA) is 93.1 Å². The average molecular weight is 391 g/mol. The predicted molar refractivity (Wildman–Crippen MR) is 106 cm³/mol. The van der Waals surface area contributed by atoms with Gasteiger partial charge in [0.15, 0.2) is 0 Å². The number of aromatic nitrogens is 2. The molecule has 2 aromatic heterocycles. The number of fused-ring (bicyclic) bond motifs is 3. The molecule has 8 heteroatoms. The van der Waals surface area contributed by atoms with Crippen LogP contribution in [-0.2, 0) is 29.0 Å². The molecule has 1 aliphatic rings. The molecule has 0 fully saturated rings. The van der Waals surface area contributed by atoms with Gasteiger partial charge >= 0.3 is 0 Å². The number of amides is 2. The van der Waals surface area contributed by atoms with E-state index in [1.165, 1.54) is 15.8 Å². The van der Waals surface area contributed by atoms with E-state index in [1.807, 2.05) is 0 Å². The Labute approximate surface area is 162 Å². The second-order valence-electron chi connectivity index (χ2n) is 6.87. The lowest BCUT2D eigenvalue weighted by atomic mass is 9.97. The van der Waals surface area contributed by atoms with Gasteiger partial charge in [-0.25, -0.2) is 4.98 Å². The molecule has 0 aromatic carbocycles. The van der Waals surface area contributed by atoms with Crippen LogP contribution in [0, 0.1) is 0 Å². The fourth-order valence-electron chi connectivity index (χ4n) is 3.31. The Kier molecular flexibility index (Phi) is 6.60. The highest BCUT2D eigenvalue weighted by Gasteiger charge is 2.20. The van der Waals surface area contributed by atoms with Crippen molar-refractivity contribution in [1.29, 1.82) is 0 Å². The number of nitrogens with zero attached hydrogens (tertiary/aromatic N) is 2. The van der Waals surface area contributed by atoms with Gasteiger partial charge in [0.1, 0.15) is 11.4 Å². The summed E-state index contributed by atoms with van der Waals surface area (Å²) in [4.78, 5) is 43.0. The van der Waals surface area contributed by atoms with E-state index in [4.69, 9.17) is 0 Å². The lowest BCUT2D eigenvalue weighted by Gasteiger charge is -2.10. The number of hydrogen-bond acceptors (Lipinski definition) is 5. The summed E-state index contributed by atoms with van der Waals surface area (Å²) in [7, 11) is 0. The van der Waals surface area contributed by atoms with Crippen LogP contribution >= 0.6 is 11.3 Å². The van der Waals surface area contributed by atoms with E-state index in [9.17, 15) is 14.4 Å². The van der Waals surface area contributed by atoms with Crippen molar-refractivity contribution in [3.63, 3.8) is 0 Å². The molecule has 0 radical (unpaired) electrons. The van der Waals surface area contributed by atoms with Gasteiger partial charge in [-0.05, 0) is 37.7 Å². The molecule has 2 N–H and O–H groups in total. The van der Waals surface area contributed by atoms with Gasteiger partial charge in [0, 0.05) is 24.4 Å². The zero-order valence-corrected chi connectivity index (χ0v) is 16.5. The van der Waals surface area contributed by atoms with Crippen molar-refractivity contribution in [2.45, 2.75) is 58.4 Å². The summed E-state index contributed by atoms with van der Waals surface area (Å²) in [6.45, 7) is 2.90. The molecule has 0 saturated heterocycles. The number of thiophene rings is 1. The van der Waals surface area contributed by atoms with Crippen molar-refractivity contribution >= 4 is 33.4 Å². The molecule has 0 aliphatic heterocycles. The van der Waals surface area contributed by atoms with Gasteiger partial charge in [0.25, 0.3) is 5.56 Å². The second kappa shape index (κ2) is 9.12. The monoisotopic (exact) mass is 390 g/mol. The average Bonchev–Trinajstić information content (AvgIpc) is 3.03. The molecular weight excluding hydrogens is 364 g/mol. The van der Waals surface area contributed by atoms with Crippen LogP contribution in [0.15, 0.2) is 11.1 Å². The number of hydrogen-bond donors (Lipinski definition) is 2. The molecule has 27 heavy (non-hydrogen) atoms. The van der Waals surface area contributed by atoms with Gasteiger partial charge in [-0.1, -0.05) is 13.3 Å². The van der Waals surface area contributed by atoms with Crippen molar-refractivity contribution in [1.82, 2.24) is 20.2 Å². The van der Waals surface area contributed by atoms with Crippen molar-refractivity contribution in [3.05, 3.63) is 27.1 Å². The molecule has 0 bridgehead atoms. The third kappa shape index (κ3) is 4.74. The fourth-order valence-corrected chi connectivity index (χ4v) is 4.53. The minimum Gasteiger partial charge on any atom is -0.356 e. The first-order valence-corrected chi connectivity index (χ1v) is 10.4. The van der Waals surface area contributed by atoms with Crippen LogP contribution in [0.4, 0.5) is 0 Å². The number of nitrogens with one attached hydrogen (secondary N) is 2. The zero-order chi connectivity index (χ0) is 19.2. The molecule has 0 unspecified atom stereocenters. The highest BCUT2D eigenvalue weighted by atomic mass is 32.1. The Morgan fingerprint density at radius 2 is 1.96 bits per heavy atom. The third-order valence-electron chi connectivity index (χ3n) is 4.78. The Morgan fingerprint density at radius 1 is 1.19 bits per heavy atom. The Morgan fingerprint density at radius 3 is 2.78 bits per heavy atom. The summed E-state index contributed by atoms with van der Waals surface area (Å²) >= 11 is 1.60. The van der Waals surface area contributed by atoms with E-state index < -0.39 is 0 Å². The molecule has 7 nitrogen and oxygen atoms in total. The highest BCUT2D eigenvalue weighted by Crippen LogP contribution is 2.33. The highest BCUT2D eigenvalue weighted by molar-refractivity contribution is 7.18. The van der Waals surface area contributed by atoms with Crippen molar-refractivity contribution in [2.24, 2.45) is 0 Å². The molecule has 1 aliphatic carbocycles. The van der Waals surface area contributed by atoms with Crippen LogP contribution in [0.3, 0.4) is 0 Å². The molecule has 0 atom stereocenters. The van der Waals surface area contributed by atoms with Crippen molar-refractivity contribution in [2.75, 3.05) is 13.1 Å². The minimum atomic E-state index is -0.288. The Bertz CT molecular complexity index is 887. The molecule has 2 amide bonds. The second-order valence-corrected chi connectivity index (χ2v) is 7.96. The summed E-state index contributed by atoms with van der Waals surface area (Å²) in [5.41, 5.74) is 0.976. The molecule has 0 spiro atoms. The summed E-state index contributed by atoms with van der Waals surface area (Å²) in [5, 5.41) is 6.19. The lowest BCUT2D eigenvalue weighted by Crippen LogP contribution is -2.35. The molecule has 3 rings (SSSR count). The SMILES string of the molecule is CCCCNC(=O)CCNC(=O)Cn1cnc2sc3c(c2c1=O)CCCC3. The Hall–Kier alpha value is -2.22. The minimum absolute atomic E-state index is 0.0751. The fraction of sp³-hybridized carbons (Fsp3) is 0.579. The van der Waals surface area contributed by atoms with Gasteiger partial charge in [-0.2, -0.15) is 0 Å². The van der Waals surface area contributed by atoms with Gasteiger partial charge in [0.05, 0.1) is 11.7 Å². The van der Waals surface area contributed by atoms with Gasteiger partial charge < -0.3 is 10.6 Å². The van der Waals surface area contributed by atoms with E-state index in [1.54, 1.807) is 11.3 Å². The van der Waals surface area contributed by atoms with Crippen LogP contribution in [-0.4, -0.2) is 34.5 Å². The maximum atomic E-state index is 12.8. The van der Waals surface area contributed by atoms with Crippen LogP contribution in [0.25, 0.3) is 10.2 Å². The van der Waals surface area contributed by atoms with Crippen LogP contribution in [0.1, 0.15) is 49.5 Å². The third-order valence-corrected chi connectivity index (χ3v) is 5.98. The maximum Gasteiger partial charge on any atom is 0.262 e. The first kappa shape index (κ1) is 19.5. The standard InChI is InChI=1S/C19H26N4O3S/c1-2-3-9-20-15(24)8-10-21-16(25)11-23-12-22-18-17(19(23)26)13-6-4-5-7-14(13)27-18/h12H,2-11H2,1H3,(H,20,24)(H,21,25). The molecular formula is C19H26N4O3S. The zero-order valence-electron chi connectivity index (χ0n) is 15.7. The molecule has 2 aromatic rings. The number of rotatable bonds is 8. The maximum absolute atomic E-state index is 12.8. The van der Waals surface area contributed by atoms with Crippen LogP contribution in [0.5, 0.6) is 0 Å². The number of aryl methyl sites for hydroxylation is 2. The van der Waals surface area contributed by atoms with Crippen molar-refractivity contribution in [3.8, 4) is 0 Å². The summed E-state index contributed by atoms with van der Waals surface area (Å²) in [6, 6.07) is 0. The van der Waals surface area contributed by atoms with E-state index in [0.29, 0.717) is 11.9 Å². The van der Waals surface area contributed by atoms with E-state index in [0.717, 1.165) is 48.9 Å². The number of carbonyl (C=O) groups excluding carboxylic acids is 2. The van der Waals surface area contributed by atoms with Gasteiger partial charge in [-0.3, -0.25) is 19.0 Å². The van der Waals surface area contributed by atoms with Gasteiger partial charge in [0.2, 0.25) is 11.8 Å². The van der Waals surface area contributed by atoms with E-state index in [2.05, 4.69) is 22.5 Å². The number of unbranched alkanes of at least 4 members (excludes halogenated alkanes) is 1. The first-order chi connectivity index (χ1) is 13.1. The molecule has 0 saturated carbocycles. The predicted octanol–water partition coefficient (Wildman–Crippen LogP) is 1.76. The first-order valence-electron chi connectivity index (χ1n) is 9.63. The molecule has 146 valence electrons. The van der Waals surface area contributed by atoms with Crippen molar-refractivity contribution < 1.29 is 9.59 Å². The van der Waals surface area contributed by atoms with E-state index >= 15 is 0 Å². The summed E-state index contributed by atoms with van der Waals surface area (Å²) in [6.07, 6.45) is 7.83. The largest absolute Gasteiger partial charge is 0.356 e. The van der Waals surface area contributed by atoms with E-state index in [-0.39, 0.29) is 36.9 Å². The Balaban J connectivity index is 1.58. The van der Waals surface area contributed by atoms with Crippen LogP contribution in [0.2, 0.25) is 0 Å². The molecule has 2 heterocycles. The van der Waals surface area contributed by atoms with Gasteiger partial charge in [-0.15, -0.1) is 11.3 Å². The van der Waals surface area contributed by atoms with Crippen LogP contribution < -0.4 is 16.2 Å².